The van der Waals surface area contributed by atoms with Crippen molar-refractivity contribution in [2.24, 2.45) is 5.73 Å². The molecule has 0 aliphatic rings. The number of nitrogens with two attached hydrogens (primary N) is 1. The van der Waals surface area contributed by atoms with E-state index in [1.165, 1.54) is 18.2 Å². The lowest BCUT2D eigenvalue weighted by molar-refractivity contribution is -0.138. The minimum atomic E-state index is -4.52. The van der Waals surface area contributed by atoms with Crippen molar-refractivity contribution in [2.45, 2.75) is 18.6 Å². The van der Waals surface area contributed by atoms with Gasteiger partial charge in [-0.15, -0.1) is 0 Å². The number of hydrogen-bond donors (Lipinski definition) is 2. The molecular weight excluding hydrogens is 271 g/mol. The summed E-state index contributed by atoms with van der Waals surface area (Å²) in [6.45, 7) is 0. The topological polar surface area (TPSA) is 80.4 Å². The first kappa shape index (κ1) is 14.9. The van der Waals surface area contributed by atoms with E-state index in [0.717, 1.165) is 6.07 Å². The van der Waals surface area contributed by atoms with Crippen molar-refractivity contribution < 1.29 is 26.1 Å². The number of rotatable bonds is 4. The zero-order valence-electron chi connectivity index (χ0n) is 9.18. The summed E-state index contributed by atoms with van der Waals surface area (Å²) in [6, 6.07) is 3.68. The van der Waals surface area contributed by atoms with Gasteiger partial charge in [0.05, 0.1) is 11.3 Å². The van der Waals surface area contributed by atoms with Crippen LogP contribution in [0.4, 0.5) is 13.2 Å². The van der Waals surface area contributed by atoms with Gasteiger partial charge in [0, 0.05) is 6.04 Å². The SMILES string of the molecule is N[C@H](Cc1ccccc1C(F)(F)F)CS(=O)(=O)O. The average molecular weight is 283 g/mol. The van der Waals surface area contributed by atoms with Gasteiger partial charge < -0.3 is 5.73 Å². The minimum Gasteiger partial charge on any atom is -0.326 e. The summed E-state index contributed by atoms with van der Waals surface area (Å²) in [5.41, 5.74) is 4.45. The molecule has 0 aliphatic carbocycles. The van der Waals surface area contributed by atoms with Crippen molar-refractivity contribution in [3.05, 3.63) is 35.4 Å². The smallest absolute Gasteiger partial charge is 0.326 e. The van der Waals surface area contributed by atoms with Crippen molar-refractivity contribution in [3.8, 4) is 0 Å². The Morgan fingerprint density at radius 1 is 1.28 bits per heavy atom. The molecule has 0 heterocycles. The first-order valence-electron chi connectivity index (χ1n) is 4.95. The molecule has 1 aromatic carbocycles. The van der Waals surface area contributed by atoms with Crippen LogP contribution in [-0.2, 0) is 22.7 Å². The van der Waals surface area contributed by atoms with Crippen LogP contribution in [0, 0.1) is 0 Å². The fraction of sp³-hybridized carbons (Fsp3) is 0.400. The Labute approximate surface area is 102 Å². The third-order valence-corrected chi connectivity index (χ3v) is 3.08. The number of benzene rings is 1. The summed E-state index contributed by atoms with van der Waals surface area (Å²) < 4.78 is 67.6. The quantitative estimate of drug-likeness (QED) is 0.820. The van der Waals surface area contributed by atoms with Crippen molar-refractivity contribution in [2.75, 3.05) is 5.75 Å². The van der Waals surface area contributed by atoms with Crippen LogP contribution in [0.2, 0.25) is 0 Å². The van der Waals surface area contributed by atoms with Crippen molar-refractivity contribution in [3.63, 3.8) is 0 Å². The van der Waals surface area contributed by atoms with Gasteiger partial charge >= 0.3 is 6.18 Å². The van der Waals surface area contributed by atoms with Crippen LogP contribution in [0.25, 0.3) is 0 Å². The summed E-state index contributed by atoms with van der Waals surface area (Å²) in [4.78, 5) is 0. The Balaban J connectivity index is 2.92. The molecule has 0 radical (unpaired) electrons. The van der Waals surface area contributed by atoms with E-state index in [1.54, 1.807) is 0 Å². The molecule has 8 heteroatoms. The lowest BCUT2D eigenvalue weighted by Gasteiger charge is -2.15. The van der Waals surface area contributed by atoms with Crippen LogP contribution in [0.3, 0.4) is 0 Å². The Morgan fingerprint density at radius 3 is 2.33 bits per heavy atom. The minimum absolute atomic E-state index is 0.0962. The monoisotopic (exact) mass is 283 g/mol. The molecule has 102 valence electrons. The van der Waals surface area contributed by atoms with E-state index in [1.807, 2.05) is 0 Å². The molecule has 0 aliphatic heterocycles. The van der Waals surface area contributed by atoms with Gasteiger partial charge in [0.25, 0.3) is 10.1 Å². The second kappa shape index (κ2) is 5.25. The predicted molar refractivity (Wildman–Crippen MR) is 59.5 cm³/mol. The second-order valence-electron chi connectivity index (χ2n) is 3.87. The van der Waals surface area contributed by atoms with Crippen LogP contribution in [0.5, 0.6) is 0 Å². The summed E-state index contributed by atoms with van der Waals surface area (Å²) in [7, 11) is -4.30. The highest BCUT2D eigenvalue weighted by atomic mass is 32.2. The zero-order chi connectivity index (χ0) is 14.0. The molecule has 1 atom stereocenters. The highest BCUT2D eigenvalue weighted by Gasteiger charge is 2.33. The highest BCUT2D eigenvalue weighted by molar-refractivity contribution is 7.85. The lowest BCUT2D eigenvalue weighted by atomic mass is 10.0. The summed E-state index contributed by atoms with van der Waals surface area (Å²) in [5, 5.41) is 0. The standard InChI is InChI=1S/C10H12F3NO3S/c11-10(12,13)9-4-2-1-3-7(9)5-8(14)6-18(15,16)17/h1-4,8H,5-6,14H2,(H,15,16,17)/t8-/m1/s1. The summed E-state index contributed by atoms with van der Waals surface area (Å²) in [5.74, 6) is -0.779. The van der Waals surface area contributed by atoms with Gasteiger partial charge in [-0.3, -0.25) is 4.55 Å². The second-order valence-corrected chi connectivity index (χ2v) is 5.36. The van der Waals surface area contributed by atoms with Gasteiger partial charge in [-0.2, -0.15) is 21.6 Å². The third kappa shape index (κ3) is 4.63. The molecule has 18 heavy (non-hydrogen) atoms. The molecule has 3 N–H and O–H groups in total. The number of alkyl halides is 3. The fourth-order valence-corrected chi connectivity index (χ4v) is 2.25. The Bertz CT molecular complexity index is 513. The molecule has 1 rings (SSSR count). The van der Waals surface area contributed by atoms with Crippen LogP contribution in [-0.4, -0.2) is 24.8 Å². The van der Waals surface area contributed by atoms with E-state index in [4.69, 9.17) is 10.3 Å². The van der Waals surface area contributed by atoms with E-state index in [-0.39, 0.29) is 12.0 Å². The molecule has 0 bridgehead atoms. The third-order valence-electron chi connectivity index (χ3n) is 2.23. The average Bonchev–Trinajstić information content (AvgIpc) is 2.13. The Morgan fingerprint density at radius 2 is 1.83 bits per heavy atom. The largest absolute Gasteiger partial charge is 0.416 e. The van der Waals surface area contributed by atoms with E-state index in [2.05, 4.69) is 0 Å². The number of halogens is 3. The normalized spacial score (nSPS) is 14.5. The zero-order valence-corrected chi connectivity index (χ0v) is 10.0. The molecule has 4 nitrogen and oxygen atoms in total. The Hall–Kier alpha value is -1.12. The van der Waals surface area contributed by atoms with Gasteiger partial charge in [-0.25, -0.2) is 0 Å². The van der Waals surface area contributed by atoms with Crippen molar-refractivity contribution >= 4 is 10.1 Å². The maximum atomic E-state index is 12.6. The van der Waals surface area contributed by atoms with Crippen LogP contribution in [0.1, 0.15) is 11.1 Å². The fourth-order valence-electron chi connectivity index (χ4n) is 1.59. The summed E-state index contributed by atoms with van der Waals surface area (Å²) >= 11 is 0. The van der Waals surface area contributed by atoms with Gasteiger partial charge in [0.15, 0.2) is 0 Å². The highest BCUT2D eigenvalue weighted by Crippen LogP contribution is 2.32. The van der Waals surface area contributed by atoms with Gasteiger partial charge in [-0.1, -0.05) is 18.2 Å². The maximum Gasteiger partial charge on any atom is 0.416 e. The van der Waals surface area contributed by atoms with Crippen molar-refractivity contribution in [1.29, 1.82) is 0 Å². The van der Waals surface area contributed by atoms with Gasteiger partial charge in [0.1, 0.15) is 0 Å². The van der Waals surface area contributed by atoms with E-state index in [9.17, 15) is 21.6 Å². The molecular formula is C10H12F3NO3S. The maximum absolute atomic E-state index is 12.6. The molecule has 0 spiro atoms. The Kier molecular flexibility index (Phi) is 4.36. The molecule has 0 amide bonds. The molecule has 0 aromatic heterocycles. The van der Waals surface area contributed by atoms with Crippen molar-refractivity contribution in [1.82, 2.24) is 0 Å². The molecule has 0 unspecified atom stereocenters. The van der Waals surface area contributed by atoms with E-state index >= 15 is 0 Å². The lowest BCUT2D eigenvalue weighted by Crippen LogP contribution is -2.32. The van der Waals surface area contributed by atoms with Crippen LogP contribution < -0.4 is 5.73 Å². The molecule has 0 fully saturated rings. The van der Waals surface area contributed by atoms with Crippen LogP contribution in [0.15, 0.2) is 24.3 Å². The predicted octanol–water partition coefficient (Wildman–Crippen LogP) is 1.46. The first-order chi connectivity index (χ1) is 8.09. The van der Waals surface area contributed by atoms with Crippen LogP contribution >= 0.6 is 0 Å². The molecule has 0 saturated heterocycles. The van der Waals surface area contributed by atoms with E-state index < -0.39 is 33.7 Å². The molecule has 0 saturated carbocycles. The van der Waals surface area contributed by atoms with E-state index in [0.29, 0.717) is 0 Å². The number of hydrogen-bond acceptors (Lipinski definition) is 3. The first-order valence-corrected chi connectivity index (χ1v) is 6.56. The van der Waals surface area contributed by atoms with Gasteiger partial charge in [-0.05, 0) is 18.1 Å². The molecule has 1 aromatic rings. The summed E-state index contributed by atoms with van der Waals surface area (Å²) in [6.07, 6.45) is -4.80. The van der Waals surface area contributed by atoms with Gasteiger partial charge in [0.2, 0.25) is 0 Å².